The fraction of sp³-hybridized carbons (Fsp3) is 0.100. The number of anilines is 1. The van der Waals surface area contributed by atoms with Gasteiger partial charge >= 0.3 is 0 Å². The van der Waals surface area contributed by atoms with Crippen molar-refractivity contribution in [2.45, 2.75) is 4.21 Å². The van der Waals surface area contributed by atoms with Crippen molar-refractivity contribution in [2.75, 3.05) is 11.8 Å². The number of methoxy groups -OCH3 is 1. The quantitative estimate of drug-likeness (QED) is 0.858. The summed E-state index contributed by atoms with van der Waals surface area (Å²) in [6.07, 6.45) is 0. The number of nitrogens with one attached hydrogen (secondary N) is 1. The van der Waals surface area contributed by atoms with Crippen LogP contribution in [0.3, 0.4) is 0 Å². The number of aromatic nitrogens is 2. The van der Waals surface area contributed by atoms with Gasteiger partial charge in [-0.25, -0.2) is 18.1 Å². The highest BCUT2D eigenvalue weighted by atomic mass is 35.5. The fourth-order valence-corrected chi connectivity index (χ4v) is 3.46. The number of ether oxygens (including phenoxy) is 1. The average molecular weight is 331 g/mol. The summed E-state index contributed by atoms with van der Waals surface area (Å²) in [6.45, 7) is 0. The van der Waals surface area contributed by atoms with Gasteiger partial charge in [-0.2, -0.15) is 10.2 Å². The second-order valence-electron chi connectivity index (χ2n) is 3.39. The third-order valence-electron chi connectivity index (χ3n) is 2.06. The van der Waals surface area contributed by atoms with E-state index in [0.29, 0.717) is 0 Å². The first-order valence-corrected chi connectivity index (χ1v) is 7.73. The highest BCUT2D eigenvalue weighted by Gasteiger charge is 2.19. The monoisotopic (exact) mass is 330 g/mol. The van der Waals surface area contributed by atoms with Gasteiger partial charge in [0.25, 0.3) is 10.0 Å². The minimum atomic E-state index is -3.87. The molecule has 0 amide bonds. The van der Waals surface area contributed by atoms with E-state index >= 15 is 0 Å². The second kappa shape index (κ2) is 5.62. The number of halogens is 1. The van der Waals surface area contributed by atoms with Gasteiger partial charge in [-0.15, -0.1) is 11.3 Å². The molecule has 0 aliphatic carbocycles. The standard InChI is InChI=1S/C10H7ClN4O3S2/c1-18-8-4-7(11)13-10(14-8)15-20(16,17)9-3-2-6(5-12)19-9/h2-4H,1H3,(H,13,14,15). The van der Waals surface area contributed by atoms with Crippen LogP contribution < -0.4 is 9.46 Å². The minimum absolute atomic E-state index is 0.0170. The Morgan fingerprint density at radius 2 is 2.20 bits per heavy atom. The third kappa shape index (κ3) is 3.16. The predicted octanol–water partition coefficient (Wildman–Crippen LogP) is 1.87. The highest BCUT2D eigenvalue weighted by molar-refractivity contribution is 7.94. The van der Waals surface area contributed by atoms with Crippen LogP contribution in [0.4, 0.5) is 5.95 Å². The van der Waals surface area contributed by atoms with E-state index in [2.05, 4.69) is 14.7 Å². The van der Waals surface area contributed by atoms with E-state index in [1.807, 2.05) is 6.07 Å². The molecule has 0 saturated heterocycles. The molecule has 20 heavy (non-hydrogen) atoms. The van der Waals surface area contributed by atoms with E-state index in [1.165, 1.54) is 25.3 Å². The van der Waals surface area contributed by atoms with Crippen LogP contribution in [-0.2, 0) is 10.0 Å². The zero-order chi connectivity index (χ0) is 14.8. The van der Waals surface area contributed by atoms with Gasteiger partial charge in [-0.3, -0.25) is 0 Å². The van der Waals surface area contributed by atoms with E-state index in [0.717, 1.165) is 11.3 Å². The van der Waals surface area contributed by atoms with E-state index in [1.54, 1.807) is 0 Å². The van der Waals surface area contributed by atoms with Crippen molar-refractivity contribution in [3.8, 4) is 11.9 Å². The third-order valence-corrected chi connectivity index (χ3v) is 5.07. The molecule has 7 nitrogen and oxygen atoms in total. The summed E-state index contributed by atoms with van der Waals surface area (Å²) in [7, 11) is -2.50. The first kappa shape index (κ1) is 14.5. The highest BCUT2D eigenvalue weighted by Crippen LogP contribution is 2.23. The molecule has 1 N–H and O–H groups in total. The SMILES string of the molecule is COc1cc(Cl)nc(NS(=O)(=O)c2ccc(C#N)s2)n1. The molecule has 2 rings (SSSR count). The van der Waals surface area contributed by atoms with Gasteiger partial charge in [0.15, 0.2) is 0 Å². The van der Waals surface area contributed by atoms with E-state index in [9.17, 15) is 8.42 Å². The largest absolute Gasteiger partial charge is 0.481 e. The number of hydrogen-bond acceptors (Lipinski definition) is 7. The topological polar surface area (TPSA) is 105 Å². The van der Waals surface area contributed by atoms with Gasteiger partial charge < -0.3 is 4.74 Å². The van der Waals surface area contributed by atoms with Crippen molar-refractivity contribution >= 4 is 38.9 Å². The normalized spacial score (nSPS) is 10.8. The van der Waals surface area contributed by atoms with Crippen LogP contribution in [0.5, 0.6) is 5.88 Å². The molecule has 0 bridgehead atoms. The molecular formula is C10H7ClN4O3S2. The summed E-state index contributed by atoms with van der Waals surface area (Å²) >= 11 is 6.57. The molecule has 0 aromatic carbocycles. The van der Waals surface area contributed by atoms with Gasteiger partial charge in [-0.1, -0.05) is 11.6 Å². The molecule has 0 atom stereocenters. The smallest absolute Gasteiger partial charge is 0.273 e. The Labute approximate surface area is 123 Å². The molecule has 0 fully saturated rings. The van der Waals surface area contributed by atoms with Crippen LogP contribution in [0.1, 0.15) is 4.88 Å². The fourth-order valence-electron chi connectivity index (χ4n) is 1.24. The zero-order valence-corrected chi connectivity index (χ0v) is 12.4. The van der Waals surface area contributed by atoms with Crippen molar-refractivity contribution in [3.63, 3.8) is 0 Å². The van der Waals surface area contributed by atoms with Gasteiger partial charge in [0.2, 0.25) is 11.8 Å². The summed E-state index contributed by atoms with van der Waals surface area (Å²) in [5.41, 5.74) is 0. The van der Waals surface area contributed by atoms with Gasteiger partial charge in [0.05, 0.1) is 7.11 Å². The summed E-state index contributed by atoms with van der Waals surface area (Å²) in [4.78, 5) is 7.85. The summed E-state index contributed by atoms with van der Waals surface area (Å²) in [5, 5.41) is 8.74. The lowest BCUT2D eigenvalue weighted by Crippen LogP contribution is -2.14. The molecule has 2 aromatic heterocycles. The van der Waals surface area contributed by atoms with Crippen LogP contribution in [0.2, 0.25) is 5.15 Å². The molecule has 0 radical (unpaired) electrons. The summed E-state index contributed by atoms with van der Waals surface area (Å²) in [6, 6.07) is 5.95. The number of thiophene rings is 1. The molecule has 10 heteroatoms. The van der Waals surface area contributed by atoms with Crippen molar-refractivity contribution < 1.29 is 13.2 Å². The number of hydrogen-bond donors (Lipinski definition) is 1. The molecule has 2 heterocycles. The Hall–Kier alpha value is -1.89. The first-order chi connectivity index (χ1) is 9.44. The minimum Gasteiger partial charge on any atom is -0.481 e. The van der Waals surface area contributed by atoms with Crippen LogP contribution in [0.25, 0.3) is 0 Å². The Balaban J connectivity index is 2.33. The van der Waals surface area contributed by atoms with Crippen LogP contribution in [0.15, 0.2) is 22.4 Å². The Kier molecular flexibility index (Phi) is 4.08. The second-order valence-corrected chi connectivity index (χ2v) is 6.77. The van der Waals surface area contributed by atoms with Crippen molar-refractivity contribution in [3.05, 3.63) is 28.2 Å². The molecular weight excluding hydrogens is 324 g/mol. The maximum atomic E-state index is 12.1. The van der Waals surface area contributed by atoms with E-state index < -0.39 is 10.0 Å². The van der Waals surface area contributed by atoms with Crippen LogP contribution in [-0.4, -0.2) is 25.5 Å². The lowest BCUT2D eigenvalue weighted by molar-refractivity contribution is 0.397. The number of rotatable bonds is 4. The molecule has 0 aliphatic rings. The Morgan fingerprint density at radius 3 is 2.80 bits per heavy atom. The molecule has 0 unspecified atom stereocenters. The Bertz CT molecular complexity index is 782. The number of sulfonamides is 1. The number of nitriles is 1. The maximum absolute atomic E-state index is 12.1. The van der Waals surface area contributed by atoms with Crippen molar-refractivity contribution in [2.24, 2.45) is 0 Å². The molecule has 0 saturated carbocycles. The van der Waals surface area contributed by atoms with Crippen LogP contribution >= 0.6 is 22.9 Å². The predicted molar refractivity (Wildman–Crippen MR) is 73.4 cm³/mol. The van der Waals surface area contributed by atoms with Gasteiger partial charge in [0, 0.05) is 6.07 Å². The van der Waals surface area contributed by atoms with E-state index in [4.69, 9.17) is 21.6 Å². The summed E-state index contributed by atoms with van der Waals surface area (Å²) < 4.78 is 31.2. The molecule has 0 aliphatic heterocycles. The van der Waals surface area contributed by atoms with E-state index in [-0.39, 0.29) is 26.1 Å². The molecule has 104 valence electrons. The Morgan fingerprint density at radius 1 is 1.45 bits per heavy atom. The van der Waals surface area contributed by atoms with Crippen molar-refractivity contribution in [1.29, 1.82) is 5.26 Å². The van der Waals surface area contributed by atoms with Crippen molar-refractivity contribution in [1.82, 2.24) is 9.97 Å². The lowest BCUT2D eigenvalue weighted by Gasteiger charge is -2.06. The van der Waals surface area contributed by atoms with Gasteiger partial charge in [0.1, 0.15) is 20.3 Å². The molecule has 2 aromatic rings. The van der Waals surface area contributed by atoms with Gasteiger partial charge in [-0.05, 0) is 12.1 Å². The summed E-state index contributed by atoms with van der Waals surface area (Å²) in [5.74, 6) is -0.0761. The molecule has 0 spiro atoms. The lowest BCUT2D eigenvalue weighted by atomic mass is 10.5. The maximum Gasteiger partial charge on any atom is 0.273 e. The van der Waals surface area contributed by atoms with Crippen LogP contribution in [0, 0.1) is 11.3 Å². The average Bonchev–Trinajstić information content (AvgIpc) is 2.87. The number of nitrogens with zero attached hydrogens (tertiary/aromatic N) is 3. The first-order valence-electron chi connectivity index (χ1n) is 5.06. The zero-order valence-electron chi connectivity index (χ0n) is 9.99.